The summed E-state index contributed by atoms with van der Waals surface area (Å²) in [4.78, 5) is 13.7. The molecule has 3 aromatic rings. The molecule has 3 rings (SSSR count). The number of carbonyl (C=O) groups is 1. The molecule has 152 valence electrons. The number of thiophene rings is 1. The predicted octanol–water partition coefficient (Wildman–Crippen LogP) is 5.09. The zero-order chi connectivity index (χ0) is 21.5. The molecule has 0 fully saturated rings. The standard InChI is InChI=1S/C23H20N2O4S/c1-27-20-12-16(13-21(28-2)22(20)29-3)23(26)25-18-8-6-15(7-9-18)17(14-24)11-19-5-4-10-30-19/h4-13H,1-3H3,(H,25,26)/b17-11-. The van der Waals surface area contributed by atoms with E-state index in [1.54, 1.807) is 47.7 Å². The van der Waals surface area contributed by atoms with Gasteiger partial charge < -0.3 is 19.5 Å². The average molecular weight is 420 g/mol. The summed E-state index contributed by atoms with van der Waals surface area (Å²) in [6.45, 7) is 0. The first kappa shape index (κ1) is 21.0. The van der Waals surface area contributed by atoms with Crippen LogP contribution in [0, 0.1) is 11.3 Å². The van der Waals surface area contributed by atoms with Gasteiger partial charge in [-0.25, -0.2) is 0 Å². The summed E-state index contributed by atoms with van der Waals surface area (Å²) in [6.07, 6.45) is 1.84. The van der Waals surface area contributed by atoms with Crippen molar-refractivity contribution in [3.8, 4) is 23.3 Å². The number of allylic oxidation sites excluding steroid dienone is 1. The summed E-state index contributed by atoms with van der Waals surface area (Å²) in [6, 6.07) is 16.4. The third-order valence-corrected chi connectivity index (χ3v) is 5.15. The fourth-order valence-corrected chi connectivity index (χ4v) is 3.50. The van der Waals surface area contributed by atoms with Crippen LogP contribution in [0.5, 0.6) is 17.2 Å². The Bertz CT molecular complexity index is 1070. The van der Waals surface area contributed by atoms with Crippen molar-refractivity contribution in [2.24, 2.45) is 0 Å². The van der Waals surface area contributed by atoms with Gasteiger partial charge >= 0.3 is 0 Å². The summed E-state index contributed by atoms with van der Waals surface area (Å²) in [5.41, 5.74) is 2.30. The third kappa shape index (κ3) is 4.62. The number of carbonyl (C=O) groups excluding carboxylic acids is 1. The quantitative estimate of drug-likeness (QED) is 0.539. The van der Waals surface area contributed by atoms with Gasteiger partial charge in [0.15, 0.2) is 11.5 Å². The van der Waals surface area contributed by atoms with Gasteiger partial charge in [-0.05, 0) is 47.4 Å². The average Bonchev–Trinajstić information content (AvgIpc) is 3.30. The van der Waals surface area contributed by atoms with E-state index in [0.29, 0.717) is 34.1 Å². The summed E-state index contributed by atoms with van der Waals surface area (Å²) in [5, 5.41) is 14.3. The summed E-state index contributed by atoms with van der Waals surface area (Å²) < 4.78 is 15.9. The number of rotatable bonds is 7. The van der Waals surface area contributed by atoms with E-state index in [1.807, 2.05) is 23.6 Å². The zero-order valence-corrected chi connectivity index (χ0v) is 17.6. The smallest absolute Gasteiger partial charge is 0.255 e. The van der Waals surface area contributed by atoms with Crippen molar-refractivity contribution in [1.82, 2.24) is 0 Å². The van der Waals surface area contributed by atoms with Crippen LogP contribution in [0.3, 0.4) is 0 Å². The lowest BCUT2D eigenvalue weighted by Crippen LogP contribution is -2.12. The molecule has 0 aliphatic carbocycles. The number of amides is 1. The molecule has 2 aromatic carbocycles. The molecular weight excluding hydrogens is 400 g/mol. The first-order chi connectivity index (χ1) is 14.6. The maximum Gasteiger partial charge on any atom is 0.255 e. The Hall–Kier alpha value is -3.76. The molecule has 0 atom stereocenters. The van der Waals surface area contributed by atoms with Crippen molar-refractivity contribution in [1.29, 1.82) is 5.26 Å². The minimum Gasteiger partial charge on any atom is -0.493 e. The van der Waals surface area contributed by atoms with Crippen LogP contribution in [0.2, 0.25) is 0 Å². The van der Waals surface area contributed by atoms with E-state index in [2.05, 4.69) is 11.4 Å². The molecule has 1 N–H and O–H groups in total. The van der Waals surface area contributed by atoms with Crippen molar-refractivity contribution >= 4 is 34.6 Å². The summed E-state index contributed by atoms with van der Waals surface area (Å²) in [5.74, 6) is 0.892. The highest BCUT2D eigenvalue weighted by Crippen LogP contribution is 2.38. The Kier molecular flexibility index (Phi) is 6.73. The van der Waals surface area contributed by atoms with Crippen molar-refractivity contribution < 1.29 is 19.0 Å². The van der Waals surface area contributed by atoms with Gasteiger partial charge in [0.05, 0.1) is 33.0 Å². The Morgan fingerprint density at radius 3 is 2.17 bits per heavy atom. The molecule has 0 radical (unpaired) electrons. The Morgan fingerprint density at radius 2 is 1.67 bits per heavy atom. The molecule has 0 saturated heterocycles. The summed E-state index contributed by atoms with van der Waals surface area (Å²) >= 11 is 1.57. The minimum absolute atomic E-state index is 0.323. The van der Waals surface area contributed by atoms with Crippen molar-refractivity contribution in [2.45, 2.75) is 0 Å². The van der Waals surface area contributed by atoms with Crippen LogP contribution in [-0.4, -0.2) is 27.2 Å². The van der Waals surface area contributed by atoms with Gasteiger partial charge in [-0.2, -0.15) is 5.26 Å². The van der Waals surface area contributed by atoms with Crippen molar-refractivity contribution in [2.75, 3.05) is 26.6 Å². The number of nitrogens with one attached hydrogen (secondary N) is 1. The molecule has 0 aliphatic rings. The lowest BCUT2D eigenvalue weighted by atomic mass is 10.1. The second-order valence-electron chi connectivity index (χ2n) is 6.13. The number of anilines is 1. The molecule has 0 spiro atoms. The Labute approximate surface area is 178 Å². The van der Waals surface area contributed by atoms with Crippen LogP contribution in [0.4, 0.5) is 5.69 Å². The fourth-order valence-electron chi connectivity index (χ4n) is 2.84. The van der Waals surface area contributed by atoms with E-state index >= 15 is 0 Å². The number of hydrogen-bond acceptors (Lipinski definition) is 6. The third-order valence-electron chi connectivity index (χ3n) is 4.33. The van der Waals surface area contributed by atoms with Gasteiger partial charge in [0.25, 0.3) is 5.91 Å². The molecular formula is C23H20N2O4S. The Balaban J connectivity index is 1.80. The number of benzene rings is 2. The highest BCUT2D eigenvalue weighted by atomic mass is 32.1. The first-order valence-electron chi connectivity index (χ1n) is 8.96. The van der Waals surface area contributed by atoms with Crippen LogP contribution in [0.15, 0.2) is 53.9 Å². The SMILES string of the molecule is COc1cc(C(=O)Nc2ccc(/C(C#N)=C\c3cccs3)cc2)cc(OC)c1OC. The molecule has 30 heavy (non-hydrogen) atoms. The van der Waals surface area contributed by atoms with Crippen molar-refractivity contribution in [3.63, 3.8) is 0 Å². The molecule has 7 heteroatoms. The van der Waals surface area contributed by atoms with Crippen molar-refractivity contribution in [3.05, 3.63) is 69.9 Å². The van der Waals surface area contributed by atoms with E-state index in [-0.39, 0.29) is 5.91 Å². The molecule has 6 nitrogen and oxygen atoms in total. The molecule has 1 aromatic heterocycles. The highest BCUT2D eigenvalue weighted by molar-refractivity contribution is 7.10. The molecule has 0 aliphatic heterocycles. The second-order valence-corrected chi connectivity index (χ2v) is 7.11. The van der Waals surface area contributed by atoms with Crippen LogP contribution in [0.1, 0.15) is 20.8 Å². The van der Waals surface area contributed by atoms with Crippen LogP contribution in [0.25, 0.3) is 11.6 Å². The predicted molar refractivity (Wildman–Crippen MR) is 118 cm³/mol. The topological polar surface area (TPSA) is 80.6 Å². The highest BCUT2D eigenvalue weighted by Gasteiger charge is 2.17. The van der Waals surface area contributed by atoms with Crippen LogP contribution >= 0.6 is 11.3 Å². The van der Waals surface area contributed by atoms with Gasteiger partial charge in [-0.1, -0.05) is 18.2 Å². The lowest BCUT2D eigenvalue weighted by molar-refractivity contribution is 0.102. The number of nitrogens with zero attached hydrogens (tertiary/aromatic N) is 1. The number of hydrogen-bond donors (Lipinski definition) is 1. The van der Waals surface area contributed by atoms with Gasteiger partial charge in [-0.3, -0.25) is 4.79 Å². The normalized spacial score (nSPS) is 10.8. The van der Waals surface area contributed by atoms with Gasteiger partial charge in [0, 0.05) is 16.1 Å². The van der Waals surface area contributed by atoms with Crippen LogP contribution in [-0.2, 0) is 0 Å². The van der Waals surface area contributed by atoms with E-state index < -0.39 is 0 Å². The van der Waals surface area contributed by atoms with E-state index in [0.717, 1.165) is 10.4 Å². The minimum atomic E-state index is -0.323. The number of methoxy groups -OCH3 is 3. The van der Waals surface area contributed by atoms with Gasteiger partial charge in [-0.15, -0.1) is 11.3 Å². The number of ether oxygens (including phenoxy) is 3. The van der Waals surface area contributed by atoms with Crippen LogP contribution < -0.4 is 19.5 Å². The maximum absolute atomic E-state index is 12.7. The largest absolute Gasteiger partial charge is 0.493 e. The molecule has 0 bridgehead atoms. The fraction of sp³-hybridized carbons (Fsp3) is 0.130. The zero-order valence-electron chi connectivity index (χ0n) is 16.8. The Morgan fingerprint density at radius 1 is 1.00 bits per heavy atom. The monoisotopic (exact) mass is 420 g/mol. The maximum atomic E-state index is 12.7. The van der Waals surface area contributed by atoms with E-state index in [4.69, 9.17) is 14.2 Å². The first-order valence-corrected chi connectivity index (χ1v) is 9.84. The lowest BCUT2D eigenvalue weighted by Gasteiger charge is -2.14. The molecule has 0 saturated carbocycles. The van der Waals surface area contributed by atoms with E-state index in [1.165, 1.54) is 21.3 Å². The molecule has 1 heterocycles. The number of nitriles is 1. The molecule has 1 amide bonds. The van der Waals surface area contributed by atoms with Gasteiger partial charge in [0.1, 0.15) is 0 Å². The second kappa shape index (κ2) is 9.63. The van der Waals surface area contributed by atoms with Gasteiger partial charge in [0.2, 0.25) is 5.75 Å². The summed E-state index contributed by atoms with van der Waals surface area (Å²) in [7, 11) is 4.49. The molecule has 0 unspecified atom stereocenters. The van der Waals surface area contributed by atoms with E-state index in [9.17, 15) is 10.1 Å².